The van der Waals surface area contributed by atoms with Gasteiger partial charge in [-0.2, -0.15) is 0 Å². The molecule has 0 spiro atoms. The largest absolute Gasteiger partial charge is 0.450 e. The van der Waals surface area contributed by atoms with Crippen LogP contribution in [0.4, 0.5) is 28.8 Å². The van der Waals surface area contributed by atoms with E-state index in [0.717, 1.165) is 0 Å². The number of amides is 6. The number of carbonyl (C=O) groups excluding carboxylic acids is 6. The molecule has 0 aromatic carbocycles. The molecule has 0 saturated heterocycles. The minimum atomic E-state index is -1.18. The number of rotatable bonds is 27. The third kappa shape index (κ3) is 23.9. The van der Waals surface area contributed by atoms with E-state index in [2.05, 4.69) is 31.9 Å². The van der Waals surface area contributed by atoms with Crippen LogP contribution in [0.2, 0.25) is 0 Å². The maximum Gasteiger partial charge on any atom is 0.407 e. The van der Waals surface area contributed by atoms with Crippen LogP contribution >= 0.6 is 0 Å². The van der Waals surface area contributed by atoms with Crippen molar-refractivity contribution in [3.63, 3.8) is 0 Å². The number of hydrogen-bond acceptors (Lipinski definition) is 13. The van der Waals surface area contributed by atoms with Crippen molar-refractivity contribution in [1.29, 1.82) is 0 Å². The van der Waals surface area contributed by atoms with Gasteiger partial charge in [0.1, 0.15) is 6.61 Å². The topological polar surface area (TPSA) is 239 Å². The van der Waals surface area contributed by atoms with E-state index >= 15 is 0 Å². The summed E-state index contributed by atoms with van der Waals surface area (Å²) in [4.78, 5) is 73.6. The first-order chi connectivity index (χ1) is 28.0. The fourth-order valence-corrected chi connectivity index (χ4v) is 4.44. The van der Waals surface area contributed by atoms with Gasteiger partial charge in [0.15, 0.2) is 0 Å². The fraction of sp³-hybridized carbons (Fsp3) is 0.818. The highest BCUT2D eigenvalue weighted by Crippen LogP contribution is 2.30. The molecular weight excluding hydrogens is 688 g/mol. The average Bonchev–Trinajstić information content (AvgIpc) is 3.21. The van der Waals surface area contributed by atoms with E-state index in [-0.39, 0.29) is 159 Å². The zero-order valence-corrected chi connectivity index (χ0v) is 29.9. The first-order valence-corrected chi connectivity index (χ1v) is 16.8. The van der Waals surface area contributed by atoms with Gasteiger partial charge in [0.2, 0.25) is 0 Å². The number of nitrogens with one attached hydrogen (secondary N) is 6. The van der Waals surface area contributed by atoms with E-state index in [1.165, 1.54) is 0 Å². The molecule has 19 nitrogen and oxygen atoms in total. The van der Waals surface area contributed by atoms with Crippen LogP contribution in [0.25, 0.3) is 0 Å². The molecule has 52 heavy (non-hydrogen) atoms. The maximum absolute atomic E-state index is 12.5. The van der Waals surface area contributed by atoms with Gasteiger partial charge in [-0.05, 0) is 73.0 Å². The van der Waals surface area contributed by atoms with E-state index < -0.39 is 53.8 Å². The van der Waals surface area contributed by atoms with E-state index in [0.29, 0.717) is 0 Å². The van der Waals surface area contributed by atoms with Gasteiger partial charge >= 0.3 is 36.6 Å². The van der Waals surface area contributed by atoms with Crippen molar-refractivity contribution < 1.29 is 70.1 Å². The highest BCUT2D eigenvalue weighted by molar-refractivity contribution is 5.68. The van der Waals surface area contributed by atoms with Crippen LogP contribution in [0.3, 0.4) is 0 Å². The van der Waals surface area contributed by atoms with Crippen LogP contribution in [0.1, 0.15) is 75.3 Å². The Morgan fingerprint density at radius 2 is 0.808 bits per heavy atom. The molecule has 0 heterocycles. The smallest absolute Gasteiger partial charge is 0.407 e. The molecule has 0 fully saturated rings. The number of hydrogen-bond donors (Lipinski definition) is 6. The molecule has 0 saturated carbocycles. The zero-order valence-electron chi connectivity index (χ0n) is 35.9. The Labute approximate surface area is 315 Å². The van der Waals surface area contributed by atoms with Gasteiger partial charge in [0.05, 0.1) is 39.6 Å². The molecule has 0 rings (SSSR count). The Bertz CT molecular complexity index is 1130. The summed E-state index contributed by atoms with van der Waals surface area (Å²) < 4.78 is 81.8. The van der Waals surface area contributed by atoms with Gasteiger partial charge in [-0.25, -0.2) is 28.8 Å². The van der Waals surface area contributed by atoms with E-state index in [1.807, 2.05) is 0 Å². The third-order valence-electron chi connectivity index (χ3n) is 7.14. The molecule has 0 aliphatic heterocycles. The van der Waals surface area contributed by atoms with Crippen molar-refractivity contribution in [3.8, 4) is 0 Å². The highest BCUT2D eigenvalue weighted by atomic mass is 16.6. The molecule has 0 aliphatic rings. The van der Waals surface area contributed by atoms with Crippen LogP contribution in [0.15, 0.2) is 0 Å². The summed E-state index contributed by atoms with van der Waals surface area (Å²) in [7, 11) is 0. The lowest BCUT2D eigenvalue weighted by Gasteiger charge is -2.34. The predicted octanol–water partition coefficient (Wildman–Crippen LogP) is 3.26. The molecule has 0 aromatic rings. The first-order valence-electron chi connectivity index (χ1n) is 21.0. The van der Waals surface area contributed by atoms with Gasteiger partial charge < -0.3 is 65.1 Å². The van der Waals surface area contributed by atoms with E-state index in [9.17, 15) is 28.8 Å². The van der Waals surface area contributed by atoms with Crippen LogP contribution in [0.5, 0.6) is 0 Å². The summed E-state index contributed by atoms with van der Waals surface area (Å²) in [6.45, 7) is -1.80. The monoisotopic (exact) mass is 762 g/mol. The summed E-state index contributed by atoms with van der Waals surface area (Å²) in [5, 5.41) is 14.5. The van der Waals surface area contributed by atoms with Crippen molar-refractivity contribution in [1.82, 2.24) is 31.9 Å². The first kappa shape index (κ1) is 37.3. The Kier molecular flexibility index (Phi) is 21.7. The highest BCUT2D eigenvalue weighted by Gasteiger charge is 2.35. The van der Waals surface area contributed by atoms with Crippen molar-refractivity contribution in [2.24, 2.45) is 17.3 Å². The van der Waals surface area contributed by atoms with Gasteiger partial charge in [-0.3, -0.25) is 0 Å². The van der Waals surface area contributed by atoms with Gasteiger partial charge in [-0.1, -0.05) is 0 Å². The molecule has 302 valence electrons. The van der Waals surface area contributed by atoms with Crippen molar-refractivity contribution >= 4 is 36.6 Å². The van der Waals surface area contributed by atoms with E-state index in [1.54, 1.807) is 0 Å². The summed E-state index contributed by atoms with van der Waals surface area (Å²) in [5.74, 6) is -1.15. The maximum atomic E-state index is 12.5. The minimum absolute atomic E-state index is 0.00593. The predicted molar refractivity (Wildman–Crippen MR) is 189 cm³/mol. The molecular formula is C33H62N6O13. The molecule has 0 radical (unpaired) electrons. The van der Waals surface area contributed by atoms with Gasteiger partial charge in [0, 0.05) is 65.4 Å². The standard InChI is InChI=1S/C33H62N6O13/c1-7-34-27(40)47-17-13-25(26(22-51-31(44)38-11-5)14-18-48-28(41)35-8-2)21-46-23-33(24-52-32(45)39-12-6,15-19-49-29(42)36-9-3)16-20-50-30(43)37-10-4/h25-26H,7-24H2,1-6H3,(H,34,40)(H,35,41)(H,36,42)(H,37,43)(H,38,44)(H,39,45)/i1T,2T,3T,4T,5T,6T. The van der Waals surface area contributed by atoms with E-state index in [4.69, 9.17) is 41.4 Å². The molecule has 2 atom stereocenters. The van der Waals surface area contributed by atoms with Crippen molar-refractivity contribution in [2.45, 2.75) is 67.1 Å². The number of alkyl carbamates (subject to hydrolysis) is 6. The van der Waals surface area contributed by atoms with Crippen LogP contribution in [-0.4, -0.2) is 129 Å². The number of carbonyl (C=O) groups is 6. The summed E-state index contributed by atoms with van der Waals surface area (Å²) >= 11 is 0. The van der Waals surface area contributed by atoms with Crippen LogP contribution in [0, 0.1) is 17.3 Å². The lowest BCUT2D eigenvalue weighted by atomic mass is 9.83. The second kappa shape index (κ2) is 30.2. The lowest BCUT2D eigenvalue weighted by Crippen LogP contribution is -2.40. The molecule has 6 N–H and O–H groups in total. The summed E-state index contributed by atoms with van der Waals surface area (Å²) in [6.07, 6.45) is -4.45. The summed E-state index contributed by atoms with van der Waals surface area (Å²) in [6, 6.07) is 0. The fourth-order valence-electron chi connectivity index (χ4n) is 4.44. The van der Waals surface area contributed by atoms with Crippen molar-refractivity contribution in [2.75, 3.05) is 92.1 Å². The molecule has 0 aromatic heterocycles. The average molecular weight is 763 g/mol. The third-order valence-corrected chi connectivity index (χ3v) is 7.14. The Hall–Kier alpha value is -4.42. The molecule has 19 heteroatoms. The zero-order chi connectivity index (χ0) is 43.3. The number of ether oxygens (including phenoxy) is 7. The molecule has 0 aliphatic carbocycles. The Morgan fingerprint density at radius 3 is 1.21 bits per heavy atom. The second-order valence-electron chi connectivity index (χ2n) is 10.9. The normalized spacial score (nSPS) is 13.4. The van der Waals surface area contributed by atoms with Crippen molar-refractivity contribution in [3.05, 3.63) is 0 Å². The molecule has 2 unspecified atom stereocenters. The Balaban J connectivity index is 6.49. The lowest BCUT2D eigenvalue weighted by molar-refractivity contribution is -0.0482. The summed E-state index contributed by atoms with van der Waals surface area (Å²) in [5.41, 5.74) is -1.18. The second-order valence-corrected chi connectivity index (χ2v) is 10.9. The Morgan fingerprint density at radius 1 is 0.462 bits per heavy atom. The van der Waals surface area contributed by atoms with Crippen LogP contribution < -0.4 is 31.9 Å². The SMILES string of the molecule is [3H]CCNC(=O)OCCC(COCC(CCOC(=O)NCC[3H])(CCOC(=O)NCC[3H])COC(=O)NCC[3H])C(CCOC(=O)NCC[3H])COC(=O)NCC[3H]. The quantitative estimate of drug-likeness (QED) is 0.0660. The van der Waals surface area contributed by atoms with Gasteiger partial charge in [-0.15, -0.1) is 0 Å². The minimum Gasteiger partial charge on any atom is -0.450 e. The van der Waals surface area contributed by atoms with Gasteiger partial charge in [0.25, 0.3) is 0 Å². The van der Waals surface area contributed by atoms with Crippen LogP contribution in [-0.2, 0) is 33.2 Å². The molecule has 0 bridgehead atoms. The molecule has 6 amide bonds.